The van der Waals surface area contributed by atoms with Crippen LogP contribution in [-0.4, -0.2) is 29.9 Å². The molecule has 0 spiro atoms. The van der Waals surface area contributed by atoms with Crippen molar-refractivity contribution >= 4 is 11.6 Å². The molecule has 116 valence electrons. The SMILES string of the molecule is CCCNc1ccc(C(=O)N2CCCCC2CCC)cc1. The Balaban J connectivity index is 2.03. The number of piperidine rings is 1. The van der Waals surface area contributed by atoms with Crippen LogP contribution < -0.4 is 5.32 Å². The maximum Gasteiger partial charge on any atom is 0.254 e. The van der Waals surface area contributed by atoms with Crippen molar-refractivity contribution in [1.82, 2.24) is 4.90 Å². The predicted molar refractivity (Wildman–Crippen MR) is 88.8 cm³/mol. The number of hydrogen-bond donors (Lipinski definition) is 1. The zero-order valence-corrected chi connectivity index (χ0v) is 13.4. The lowest BCUT2D eigenvalue weighted by Gasteiger charge is -2.36. The highest BCUT2D eigenvalue weighted by atomic mass is 16.2. The molecule has 1 atom stereocenters. The van der Waals surface area contributed by atoms with E-state index in [1.807, 2.05) is 24.3 Å². The minimum atomic E-state index is 0.204. The van der Waals surface area contributed by atoms with Crippen LogP contribution in [-0.2, 0) is 0 Å². The largest absolute Gasteiger partial charge is 0.385 e. The van der Waals surface area contributed by atoms with Crippen molar-refractivity contribution in [2.24, 2.45) is 0 Å². The van der Waals surface area contributed by atoms with Gasteiger partial charge in [0.25, 0.3) is 5.91 Å². The van der Waals surface area contributed by atoms with E-state index in [0.29, 0.717) is 6.04 Å². The second-order valence-electron chi connectivity index (χ2n) is 5.94. The van der Waals surface area contributed by atoms with E-state index < -0.39 is 0 Å². The van der Waals surface area contributed by atoms with E-state index in [1.54, 1.807) is 0 Å². The number of amides is 1. The van der Waals surface area contributed by atoms with Crippen LogP contribution in [0.1, 0.15) is 62.7 Å². The number of rotatable bonds is 6. The number of anilines is 1. The fraction of sp³-hybridized carbons (Fsp3) is 0.611. The summed E-state index contributed by atoms with van der Waals surface area (Å²) in [7, 11) is 0. The molecule has 0 radical (unpaired) electrons. The first-order chi connectivity index (χ1) is 10.3. The lowest BCUT2D eigenvalue weighted by Crippen LogP contribution is -2.43. The Morgan fingerprint density at radius 3 is 2.62 bits per heavy atom. The molecular formula is C18H28N2O. The van der Waals surface area contributed by atoms with E-state index in [4.69, 9.17) is 0 Å². The van der Waals surface area contributed by atoms with Gasteiger partial charge in [-0.2, -0.15) is 0 Å². The third-order valence-corrected chi connectivity index (χ3v) is 4.22. The van der Waals surface area contributed by atoms with Crippen molar-refractivity contribution in [2.75, 3.05) is 18.4 Å². The van der Waals surface area contributed by atoms with Gasteiger partial charge in [0, 0.05) is 30.4 Å². The number of nitrogens with zero attached hydrogens (tertiary/aromatic N) is 1. The number of hydrogen-bond acceptors (Lipinski definition) is 2. The maximum atomic E-state index is 12.7. The molecule has 1 aliphatic heterocycles. The Morgan fingerprint density at radius 2 is 1.95 bits per heavy atom. The van der Waals surface area contributed by atoms with Gasteiger partial charge in [0.05, 0.1) is 0 Å². The van der Waals surface area contributed by atoms with Crippen LogP contribution in [0, 0.1) is 0 Å². The van der Waals surface area contributed by atoms with Crippen LogP contribution >= 0.6 is 0 Å². The fourth-order valence-corrected chi connectivity index (χ4v) is 3.07. The van der Waals surface area contributed by atoms with Gasteiger partial charge < -0.3 is 10.2 Å². The third kappa shape index (κ3) is 4.23. The minimum absolute atomic E-state index is 0.204. The summed E-state index contributed by atoms with van der Waals surface area (Å²) in [6.45, 7) is 6.23. The molecule has 1 heterocycles. The van der Waals surface area contributed by atoms with E-state index in [-0.39, 0.29) is 5.91 Å². The zero-order chi connectivity index (χ0) is 15.1. The monoisotopic (exact) mass is 288 g/mol. The molecule has 2 rings (SSSR count). The molecule has 0 bridgehead atoms. The average Bonchev–Trinajstić information content (AvgIpc) is 2.53. The first-order valence-corrected chi connectivity index (χ1v) is 8.41. The second-order valence-corrected chi connectivity index (χ2v) is 5.94. The Labute approximate surface area is 128 Å². The Bertz CT molecular complexity index is 439. The number of carbonyl (C=O) groups excluding carboxylic acids is 1. The second kappa shape index (κ2) is 8.06. The quantitative estimate of drug-likeness (QED) is 0.846. The van der Waals surface area contributed by atoms with Crippen LogP contribution in [0.3, 0.4) is 0 Å². The fourth-order valence-electron chi connectivity index (χ4n) is 3.07. The summed E-state index contributed by atoms with van der Waals surface area (Å²) in [4.78, 5) is 14.8. The molecule has 1 unspecified atom stereocenters. The molecule has 1 saturated heterocycles. The van der Waals surface area contributed by atoms with E-state index in [9.17, 15) is 4.79 Å². The van der Waals surface area contributed by atoms with Crippen LogP contribution in [0.4, 0.5) is 5.69 Å². The van der Waals surface area contributed by atoms with Gasteiger partial charge in [-0.3, -0.25) is 4.79 Å². The molecule has 3 nitrogen and oxygen atoms in total. The molecule has 1 aromatic rings. The van der Waals surface area contributed by atoms with Crippen LogP contribution in [0.25, 0.3) is 0 Å². The molecule has 0 aromatic heterocycles. The molecule has 3 heteroatoms. The molecule has 21 heavy (non-hydrogen) atoms. The van der Waals surface area contributed by atoms with Gasteiger partial charge >= 0.3 is 0 Å². The van der Waals surface area contributed by atoms with Crippen molar-refractivity contribution in [1.29, 1.82) is 0 Å². The smallest absolute Gasteiger partial charge is 0.254 e. The number of carbonyl (C=O) groups is 1. The van der Waals surface area contributed by atoms with E-state index in [2.05, 4.69) is 24.1 Å². The molecule has 0 aliphatic carbocycles. The molecule has 1 aromatic carbocycles. The van der Waals surface area contributed by atoms with Crippen molar-refractivity contribution in [3.63, 3.8) is 0 Å². The Kier molecular flexibility index (Phi) is 6.09. The first kappa shape index (κ1) is 15.9. The van der Waals surface area contributed by atoms with Gasteiger partial charge in [-0.25, -0.2) is 0 Å². The minimum Gasteiger partial charge on any atom is -0.385 e. The summed E-state index contributed by atoms with van der Waals surface area (Å²) >= 11 is 0. The number of benzene rings is 1. The average molecular weight is 288 g/mol. The molecule has 0 saturated carbocycles. The lowest BCUT2D eigenvalue weighted by molar-refractivity contribution is 0.0600. The normalized spacial score (nSPS) is 18.6. The molecular weight excluding hydrogens is 260 g/mol. The van der Waals surface area contributed by atoms with Gasteiger partial charge in [0.1, 0.15) is 0 Å². The Hall–Kier alpha value is -1.51. The van der Waals surface area contributed by atoms with E-state index in [0.717, 1.165) is 56.4 Å². The topological polar surface area (TPSA) is 32.3 Å². The van der Waals surface area contributed by atoms with Crippen LogP contribution in [0.15, 0.2) is 24.3 Å². The van der Waals surface area contributed by atoms with Gasteiger partial charge in [0.2, 0.25) is 0 Å². The van der Waals surface area contributed by atoms with Gasteiger partial charge in [-0.15, -0.1) is 0 Å². The number of nitrogens with one attached hydrogen (secondary N) is 1. The lowest BCUT2D eigenvalue weighted by atomic mass is 9.97. The van der Waals surface area contributed by atoms with Gasteiger partial charge in [0.15, 0.2) is 0 Å². The number of likely N-dealkylation sites (tertiary alicyclic amines) is 1. The summed E-state index contributed by atoms with van der Waals surface area (Å²) in [5.41, 5.74) is 1.91. The highest BCUT2D eigenvalue weighted by Crippen LogP contribution is 2.23. The van der Waals surface area contributed by atoms with Gasteiger partial charge in [-0.1, -0.05) is 20.3 Å². The first-order valence-electron chi connectivity index (χ1n) is 8.41. The molecule has 1 fully saturated rings. The van der Waals surface area contributed by atoms with Crippen molar-refractivity contribution in [3.8, 4) is 0 Å². The summed E-state index contributed by atoms with van der Waals surface area (Å²) in [6, 6.07) is 8.38. The standard InChI is InChI=1S/C18H28N2O/c1-3-7-17-8-5-6-14-20(17)18(21)15-9-11-16(12-10-15)19-13-4-2/h9-12,17,19H,3-8,13-14H2,1-2H3. The highest BCUT2D eigenvalue weighted by molar-refractivity contribution is 5.94. The van der Waals surface area contributed by atoms with Crippen LogP contribution in [0.5, 0.6) is 0 Å². The summed E-state index contributed by atoms with van der Waals surface area (Å²) in [5, 5.41) is 3.34. The van der Waals surface area contributed by atoms with E-state index in [1.165, 1.54) is 6.42 Å². The summed E-state index contributed by atoms with van der Waals surface area (Å²) in [6.07, 6.45) is 6.94. The zero-order valence-electron chi connectivity index (χ0n) is 13.4. The predicted octanol–water partition coefficient (Wildman–Crippen LogP) is 4.30. The van der Waals surface area contributed by atoms with E-state index >= 15 is 0 Å². The third-order valence-electron chi connectivity index (χ3n) is 4.22. The van der Waals surface area contributed by atoms with Crippen molar-refractivity contribution in [2.45, 2.75) is 58.4 Å². The Morgan fingerprint density at radius 1 is 1.19 bits per heavy atom. The van der Waals surface area contributed by atoms with Gasteiger partial charge in [-0.05, 0) is 56.4 Å². The molecule has 1 amide bonds. The van der Waals surface area contributed by atoms with Crippen molar-refractivity contribution < 1.29 is 4.79 Å². The molecule has 1 aliphatic rings. The maximum absolute atomic E-state index is 12.7. The molecule has 1 N–H and O–H groups in total. The highest BCUT2D eigenvalue weighted by Gasteiger charge is 2.26. The van der Waals surface area contributed by atoms with Crippen molar-refractivity contribution in [3.05, 3.63) is 29.8 Å². The summed E-state index contributed by atoms with van der Waals surface area (Å²) in [5.74, 6) is 0.204. The van der Waals surface area contributed by atoms with Crippen LogP contribution in [0.2, 0.25) is 0 Å². The summed E-state index contributed by atoms with van der Waals surface area (Å²) < 4.78 is 0.